The highest BCUT2D eigenvalue weighted by atomic mass is 16.6. The number of methoxy groups -OCH3 is 3. The lowest BCUT2D eigenvalue weighted by molar-refractivity contribution is -0.154. The summed E-state index contributed by atoms with van der Waals surface area (Å²) in [6.45, 7) is 7.33. The van der Waals surface area contributed by atoms with Crippen LogP contribution in [0.25, 0.3) is 0 Å². The van der Waals surface area contributed by atoms with Crippen molar-refractivity contribution in [3.8, 4) is 11.5 Å². The number of oxime groups is 2. The zero-order valence-electron chi connectivity index (χ0n) is 43.1. The van der Waals surface area contributed by atoms with Crippen molar-refractivity contribution in [3.63, 3.8) is 0 Å². The highest BCUT2D eigenvalue weighted by molar-refractivity contribution is 5.97. The summed E-state index contributed by atoms with van der Waals surface area (Å²) in [4.78, 5) is 106. The number of hydrogen-bond acceptors (Lipinski definition) is 16. The summed E-state index contributed by atoms with van der Waals surface area (Å²) in [5.74, 6) is -3.41. The number of carbonyl (C=O) groups excluding carboxylic acids is 7. The molecule has 2 aromatic carbocycles. The van der Waals surface area contributed by atoms with Crippen molar-refractivity contribution in [2.75, 3.05) is 58.3 Å². The van der Waals surface area contributed by atoms with Crippen molar-refractivity contribution in [3.05, 3.63) is 48.5 Å². The van der Waals surface area contributed by atoms with Gasteiger partial charge >= 0.3 is 17.9 Å². The van der Waals surface area contributed by atoms with Crippen LogP contribution in [-0.4, -0.2) is 134 Å². The predicted octanol–water partition coefficient (Wildman–Crippen LogP) is 5.72. The average molecular weight is 1020 g/mol. The number of benzene rings is 2. The molecule has 3 heterocycles. The van der Waals surface area contributed by atoms with Gasteiger partial charge in [0.2, 0.25) is 11.8 Å². The minimum absolute atomic E-state index is 0.00657. The van der Waals surface area contributed by atoms with E-state index >= 15 is 0 Å². The van der Waals surface area contributed by atoms with Gasteiger partial charge in [-0.05, 0) is 149 Å². The molecule has 20 nitrogen and oxygen atoms in total. The Morgan fingerprint density at radius 3 is 1.81 bits per heavy atom. The van der Waals surface area contributed by atoms with Crippen LogP contribution in [-0.2, 0) is 57.4 Å². The van der Waals surface area contributed by atoms with E-state index in [2.05, 4.69) is 36.6 Å². The number of aliphatic hydroxyl groups is 1. The number of anilines is 2. The van der Waals surface area contributed by atoms with Crippen LogP contribution in [0.5, 0.6) is 11.5 Å². The third kappa shape index (κ3) is 11.8. The number of aliphatic hydroxyl groups excluding tert-OH is 1. The summed E-state index contributed by atoms with van der Waals surface area (Å²) in [6.07, 6.45) is 4.56. The molecule has 4 fully saturated rings. The number of nitrogens with one attached hydrogen (secondary N) is 2. The number of ether oxygens (including phenoxy) is 4. The topological polar surface area (TPSA) is 250 Å². The highest BCUT2D eigenvalue weighted by Crippen LogP contribution is 2.67. The van der Waals surface area contributed by atoms with Crippen LogP contribution in [0.4, 0.5) is 11.4 Å². The normalized spacial score (nSPS) is 30.7. The van der Waals surface area contributed by atoms with Crippen LogP contribution in [0.3, 0.4) is 0 Å². The van der Waals surface area contributed by atoms with E-state index in [0.29, 0.717) is 67.1 Å². The highest BCUT2D eigenvalue weighted by Gasteiger charge is 2.65. The third-order valence-electron chi connectivity index (χ3n) is 16.8. The van der Waals surface area contributed by atoms with Gasteiger partial charge in [-0.3, -0.25) is 24.0 Å². The molecule has 4 aliphatic carbocycles. The van der Waals surface area contributed by atoms with Gasteiger partial charge in [0, 0.05) is 29.1 Å². The molecule has 396 valence electrons. The van der Waals surface area contributed by atoms with E-state index in [1.807, 2.05) is 0 Å². The van der Waals surface area contributed by atoms with Crippen molar-refractivity contribution >= 4 is 64.3 Å². The Balaban J connectivity index is 1.21. The molecular weight excluding hydrogens is 945 g/mol. The summed E-state index contributed by atoms with van der Waals surface area (Å²) in [7, 11) is 3.77. The van der Waals surface area contributed by atoms with Gasteiger partial charge in [0.25, 0.3) is 11.8 Å². The van der Waals surface area contributed by atoms with Gasteiger partial charge in [-0.1, -0.05) is 31.1 Å². The number of carbonyl (C=O) groups is 7. The van der Waals surface area contributed by atoms with E-state index in [1.54, 1.807) is 48.5 Å². The van der Waals surface area contributed by atoms with E-state index in [0.717, 1.165) is 28.4 Å². The SMILES string of the molecule is COC(=O)CC[C@@H](C)[C@H]1CC[C@H]2[C@@H]3/C4=N\OCC(=O)N([C@@H](C)C(=O)OC)CC(=O)Nc5ccc(cc5)Oc5ccc(cc5)NC(=O)CN([C@@H](C)C(=O)OC)C(=O)CO/N=C5\CC[C@@](C)([C@H](C4)C5)[C@H]3C[C@H](O)[C@]12C. The summed E-state index contributed by atoms with van der Waals surface area (Å²) in [6, 6.07) is 10.6. The summed E-state index contributed by atoms with van der Waals surface area (Å²) in [5.41, 5.74) is 1.41. The van der Waals surface area contributed by atoms with Gasteiger partial charge < -0.3 is 54.2 Å². The molecule has 3 aliphatic heterocycles. The molecule has 3 N–H and O–H groups in total. The lowest BCUT2D eigenvalue weighted by Gasteiger charge is -2.62. The monoisotopic (exact) mass is 1010 g/mol. The molecular formula is C53H70N6O14. The Bertz CT molecular complexity index is 2450. The first-order chi connectivity index (χ1) is 34.8. The van der Waals surface area contributed by atoms with Crippen molar-refractivity contribution in [2.24, 2.45) is 56.6 Å². The largest absolute Gasteiger partial charge is 0.469 e. The molecule has 73 heavy (non-hydrogen) atoms. The zero-order valence-corrected chi connectivity index (χ0v) is 43.1. The fraction of sp³-hybridized carbons (Fsp3) is 0.604. The first-order valence-electron chi connectivity index (χ1n) is 25.1. The van der Waals surface area contributed by atoms with Crippen LogP contribution in [0.15, 0.2) is 58.8 Å². The first kappa shape index (κ1) is 54.2. The smallest absolute Gasteiger partial charge is 0.328 e. The lowest BCUT2D eigenvalue weighted by atomic mass is 9.43. The maximum atomic E-state index is 14.1. The van der Waals surface area contributed by atoms with E-state index < -0.39 is 85.5 Å². The van der Waals surface area contributed by atoms with Gasteiger partial charge in [-0.2, -0.15) is 0 Å². The van der Waals surface area contributed by atoms with Gasteiger partial charge in [-0.25, -0.2) is 9.59 Å². The molecule has 11 atom stereocenters. The Morgan fingerprint density at radius 2 is 1.29 bits per heavy atom. The van der Waals surface area contributed by atoms with Crippen molar-refractivity contribution in [1.29, 1.82) is 0 Å². The minimum Gasteiger partial charge on any atom is -0.469 e. The molecule has 4 saturated carbocycles. The van der Waals surface area contributed by atoms with Gasteiger partial charge in [0.15, 0.2) is 13.2 Å². The fourth-order valence-electron chi connectivity index (χ4n) is 12.6. The van der Waals surface area contributed by atoms with Gasteiger partial charge in [-0.15, -0.1) is 0 Å². The molecule has 7 aliphatic rings. The average Bonchev–Trinajstić information content (AvgIpc) is 3.74. The van der Waals surface area contributed by atoms with E-state index in [4.69, 9.17) is 33.8 Å². The molecule has 0 aromatic heterocycles. The van der Waals surface area contributed by atoms with Crippen LogP contribution in [0, 0.1) is 46.3 Å². The number of esters is 3. The third-order valence-corrected chi connectivity index (χ3v) is 16.8. The second kappa shape index (κ2) is 23.1. The summed E-state index contributed by atoms with van der Waals surface area (Å²) >= 11 is 0. The van der Waals surface area contributed by atoms with E-state index in [1.165, 1.54) is 35.2 Å². The van der Waals surface area contributed by atoms with Crippen LogP contribution < -0.4 is 15.4 Å². The molecule has 0 spiro atoms. The predicted molar refractivity (Wildman–Crippen MR) is 266 cm³/mol. The zero-order chi connectivity index (χ0) is 52.8. The standard InChI is InChI=1S/C53H70N6O14/c1-30(9-20-48(65)68-6)39-18-19-40-49-41(25-43(60)53(39,40)5)52(4)22-21-36-23-33(52)24-42(49)57-72-29-47(64)59(32(3)51(67)70-8)27-45(62)55-35-12-16-38(17-13-35)73-37-14-10-34(11-15-37)54-44(61)26-58(31(2)50(66)69-7)46(63)28-71-56-36/h10-17,30-33,39-41,43,49,60H,9,18-29H2,1-8H3,(H,54,61)(H,55,62)/b56-36+,57-42-/t30-,31+,32+,33+,39-,40+,41+,43+,49+,52+,53-/m1/s1. The molecule has 4 amide bonds. The number of fused-ring (bicyclic) bond motifs is 6. The Morgan fingerprint density at radius 1 is 0.753 bits per heavy atom. The molecule has 9 rings (SSSR count). The second-order valence-corrected chi connectivity index (χ2v) is 20.7. The van der Waals surface area contributed by atoms with Crippen LogP contribution >= 0.6 is 0 Å². The van der Waals surface area contributed by atoms with E-state index in [-0.39, 0.29) is 53.3 Å². The van der Waals surface area contributed by atoms with E-state index in [9.17, 15) is 38.7 Å². The number of nitrogens with zero attached hydrogens (tertiary/aromatic N) is 4. The minimum atomic E-state index is -1.15. The van der Waals surface area contributed by atoms with Crippen molar-refractivity contribution in [1.82, 2.24) is 9.80 Å². The van der Waals surface area contributed by atoms with Gasteiger partial charge in [0.05, 0.1) is 38.9 Å². The van der Waals surface area contributed by atoms with Crippen LogP contribution in [0.1, 0.15) is 92.4 Å². The molecule has 2 aromatic rings. The summed E-state index contributed by atoms with van der Waals surface area (Å²) in [5, 5.41) is 27.1. The van der Waals surface area contributed by atoms with Crippen molar-refractivity contribution in [2.45, 2.75) is 111 Å². The van der Waals surface area contributed by atoms with Gasteiger partial charge in [0.1, 0.15) is 36.7 Å². The maximum Gasteiger partial charge on any atom is 0.328 e. The summed E-state index contributed by atoms with van der Waals surface area (Å²) < 4.78 is 20.8. The molecule has 0 radical (unpaired) electrons. The molecule has 7 bridgehead atoms. The number of amides is 4. The molecule has 20 heteroatoms. The Labute approximate surface area is 425 Å². The Hall–Kier alpha value is -6.57. The number of hydrogen-bond donors (Lipinski definition) is 3. The first-order valence-corrected chi connectivity index (χ1v) is 25.1. The Kier molecular flexibility index (Phi) is 17.2. The second-order valence-electron chi connectivity index (χ2n) is 20.7. The lowest BCUT2D eigenvalue weighted by Crippen LogP contribution is -2.61. The quantitative estimate of drug-likeness (QED) is 0.211. The fourth-order valence-corrected chi connectivity index (χ4v) is 12.6. The van der Waals surface area contributed by atoms with Crippen LogP contribution in [0.2, 0.25) is 0 Å². The molecule has 0 unspecified atom stereocenters. The molecule has 0 saturated heterocycles. The van der Waals surface area contributed by atoms with Crippen molar-refractivity contribution < 1.29 is 67.3 Å². The maximum absolute atomic E-state index is 14.1. The number of rotatable bonds is 8.